The first-order valence-electron chi connectivity index (χ1n) is 8.96. The molecule has 0 spiro atoms. The average Bonchev–Trinajstić information content (AvgIpc) is 3.11. The Morgan fingerprint density at radius 3 is 2.75 bits per heavy atom. The Hall–Kier alpha value is -3.59. The molecule has 0 aliphatic rings. The van der Waals surface area contributed by atoms with Gasteiger partial charge in [0.15, 0.2) is 0 Å². The molecule has 3 rings (SSSR count). The Kier molecular flexibility index (Phi) is 6.07. The monoisotopic (exact) mass is 376 g/mol. The van der Waals surface area contributed by atoms with Crippen LogP contribution in [0.5, 0.6) is 0 Å². The lowest BCUT2D eigenvalue weighted by atomic mass is 10.1. The number of aromatic nitrogens is 2. The summed E-state index contributed by atoms with van der Waals surface area (Å²) in [5.74, 6) is 5.49. The minimum Gasteiger partial charge on any atom is -0.383 e. The van der Waals surface area contributed by atoms with Gasteiger partial charge >= 0.3 is 0 Å². The zero-order valence-electron chi connectivity index (χ0n) is 15.6. The van der Waals surface area contributed by atoms with Gasteiger partial charge in [-0.25, -0.2) is 9.37 Å². The fourth-order valence-electron chi connectivity index (χ4n) is 2.68. The lowest BCUT2D eigenvalue weighted by Crippen LogP contribution is -2.25. The number of nitrogen functional groups attached to an aromatic ring is 1. The van der Waals surface area contributed by atoms with Crippen LogP contribution in [0.4, 0.5) is 10.2 Å². The molecule has 1 amide bonds. The van der Waals surface area contributed by atoms with Crippen LogP contribution in [0, 0.1) is 24.6 Å². The molecule has 142 valence electrons. The molecule has 5 nitrogen and oxygen atoms in total. The Balaban J connectivity index is 1.60. The van der Waals surface area contributed by atoms with Gasteiger partial charge in [0.25, 0.3) is 5.91 Å². The average molecular weight is 376 g/mol. The Labute approximate surface area is 163 Å². The number of rotatable bonds is 5. The van der Waals surface area contributed by atoms with E-state index in [1.165, 1.54) is 23.9 Å². The lowest BCUT2D eigenvalue weighted by Gasteiger charge is -2.06. The van der Waals surface area contributed by atoms with Crippen LogP contribution in [0.3, 0.4) is 0 Å². The molecule has 1 aromatic carbocycles. The summed E-state index contributed by atoms with van der Waals surface area (Å²) in [6, 6.07) is 9.54. The van der Waals surface area contributed by atoms with Gasteiger partial charge in [-0.15, -0.1) is 0 Å². The molecule has 0 saturated heterocycles. The summed E-state index contributed by atoms with van der Waals surface area (Å²) in [5, 5.41) is 2.88. The minimum atomic E-state index is -0.322. The van der Waals surface area contributed by atoms with E-state index >= 15 is 0 Å². The molecule has 4 N–H and O–H groups in total. The third-order valence-electron chi connectivity index (χ3n) is 4.18. The number of nitrogens with two attached hydrogens (primary N) is 1. The predicted molar refractivity (Wildman–Crippen MR) is 107 cm³/mol. The van der Waals surface area contributed by atoms with E-state index in [9.17, 15) is 9.18 Å². The molecule has 0 saturated carbocycles. The van der Waals surface area contributed by atoms with E-state index in [0.717, 1.165) is 18.5 Å². The highest BCUT2D eigenvalue weighted by atomic mass is 19.1. The van der Waals surface area contributed by atoms with E-state index in [4.69, 9.17) is 5.73 Å². The maximum absolute atomic E-state index is 13.0. The van der Waals surface area contributed by atoms with Crippen LogP contribution in [0.1, 0.15) is 39.2 Å². The van der Waals surface area contributed by atoms with E-state index < -0.39 is 0 Å². The van der Waals surface area contributed by atoms with Crippen molar-refractivity contribution in [3.8, 4) is 11.8 Å². The Morgan fingerprint density at radius 1 is 1.25 bits per heavy atom. The van der Waals surface area contributed by atoms with Crippen LogP contribution in [-0.2, 0) is 6.42 Å². The number of amides is 1. The number of carbonyl (C=O) groups is 1. The molecule has 6 heteroatoms. The number of anilines is 1. The molecule has 2 aromatic heterocycles. The van der Waals surface area contributed by atoms with Crippen molar-refractivity contribution in [1.29, 1.82) is 0 Å². The first-order chi connectivity index (χ1) is 13.5. The Morgan fingerprint density at radius 2 is 2.04 bits per heavy atom. The van der Waals surface area contributed by atoms with E-state index in [0.29, 0.717) is 23.2 Å². The molecular weight excluding hydrogens is 355 g/mol. The maximum atomic E-state index is 13.0. The maximum Gasteiger partial charge on any atom is 0.252 e. The number of benzene rings is 1. The summed E-state index contributed by atoms with van der Waals surface area (Å²) in [4.78, 5) is 19.5. The quantitative estimate of drug-likeness (QED) is 0.472. The summed E-state index contributed by atoms with van der Waals surface area (Å²) >= 11 is 0. The smallest absolute Gasteiger partial charge is 0.252 e. The first-order valence-corrected chi connectivity index (χ1v) is 8.96. The number of pyridine rings is 1. The highest BCUT2D eigenvalue weighted by molar-refractivity contribution is 5.94. The summed E-state index contributed by atoms with van der Waals surface area (Å²) < 4.78 is 13.0. The van der Waals surface area contributed by atoms with Gasteiger partial charge < -0.3 is 16.0 Å². The van der Waals surface area contributed by atoms with Crippen LogP contribution >= 0.6 is 0 Å². The molecule has 0 radical (unpaired) electrons. The zero-order chi connectivity index (χ0) is 19.9. The van der Waals surface area contributed by atoms with Crippen molar-refractivity contribution in [3.63, 3.8) is 0 Å². The summed E-state index contributed by atoms with van der Waals surface area (Å²) in [7, 11) is 0. The second-order valence-corrected chi connectivity index (χ2v) is 6.46. The van der Waals surface area contributed by atoms with E-state index in [1.807, 2.05) is 13.1 Å². The van der Waals surface area contributed by atoms with Gasteiger partial charge in [0.1, 0.15) is 11.6 Å². The van der Waals surface area contributed by atoms with Gasteiger partial charge in [-0.05, 0) is 61.7 Å². The summed E-state index contributed by atoms with van der Waals surface area (Å²) in [6.07, 6.45) is 5.14. The topological polar surface area (TPSA) is 83.8 Å². The fourth-order valence-corrected chi connectivity index (χ4v) is 2.68. The highest BCUT2D eigenvalue weighted by Gasteiger charge is 2.08. The van der Waals surface area contributed by atoms with Crippen molar-refractivity contribution in [1.82, 2.24) is 15.3 Å². The van der Waals surface area contributed by atoms with Crippen molar-refractivity contribution in [3.05, 3.63) is 82.6 Å². The highest BCUT2D eigenvalue weighted by Crippen LogP contribution is 2.11. The number of hydrogen-bond acceptors (Lipinski definition) is 3. The van der Waals surface area contributed by atoms with Crippen molar-refractivity contribution < 1.29 is 9.18 Å². The van der Waals surface area contributed by atoms with Gasteiger partial charge in [0.2, 0.25) is 0 Å². The van der Waals surface area contributed by atoms with Crippen LogP contribution in [0.15, 0.2) is 48.8 Å². The molecule has 0 unspecified atom stereocenters. The number of hydrogen-bond donors (Lipinski definition) is 3. The molecule has 3 aromatic rings. The zero-order valence-corrected chi connectivity index (χ0v) is 15.6. The van der Waals surface area contributed by atoms with Crippen LogP contribution < -0.4 is 11.1 Å². The number of aromatic amines is 1. The summed E-state index contributed by atoms with van der Waals surface area (Å²) in [5.41, 5.74) is 9.71. The molecule has 28 heavy (non-hydrogen) atoms. The van der Waals surface area contributed by atoms with Crippen LogP contribution in [0.2, 0.25) is 0 Å². The van der Waals surface area contributed by atoms with Gasteiger partial charge in [0.05, 0.1) is 11.1 Å². The number of carbonyl (C=O) groups excluding carboxylic acids is 1. The number of H-pyrrole nitrogens is 1. The normalized spacial score (nSPS) is 10.2. The van der Waals surface area contributed by atoms with Crippen LogP contribution in [0.25, 0.3) is 0 Å². The standard InChI is InChI=1S/C22H21FN4O/c1-15-11-17(13-26-15)3-2-10-25-22(28)19-12-18(21(24)27-14-19)7-4-16-5-8-20(23)9-6-16/h5-6,8-9,11-14,26H,2-3,10H2,1H3,(H2,24,27)(H,25,28). The minimum absolute atomic E-state index is 0.220. The summed E-state index contributed by atoms with van der Waals surface area (Å²) in [6.45, 7) is 2.57. The fraction of sp³-hybridized carbons (Fsp3) is 0.182. The Bertz CT molecular complexity index is 1030. The largest absolute Gasteiger partial charge is 0.383 e. The predicted octanol–water partition coefficient (Wildman–Crippen LogP) is 3.20. The molecule has 0 atom stereocenters. The van der Waals surface area contributed by atoms with Crippen molar-refractivity contribution in [2.75, 3.05) is 12.3 Å². The molecule has 0 bridgehead atoms. The number of halogens is 1. The second-order valence-electron chi connectivity index (χ2n) is 6.46. The second kappa shape index (κ2) is 8.87. The van der Waals surface area contributed by atoms with E-state index in [2.05, 4.69) is 33.2 Å². The van der Waals surface area contributed by atoms with Crippen LogP contribution in [-0.4, -0.2) is 22.4 Å². The van der Waals surface area contributed by atoms with Crippen molar-refractivity contribution in [2.45, 2.75) is 19.8 Å². The third kappa shape index (κ3) is 5.21. The molecule has 0 fully saturated rings. The van der Waals surface area contributed by atoms with Gasteiger partial charge in [-0.1, -0.05) is 11.8 Å². The van der Waals surface area contributed by atoms with Crippen molar-refractivity contribution in [2.24, 2.45) is 0 Å². The first kappa shape index (κ1) is 19.2. The molecular formula is C22H21FN4O. The van der Waals surface area contributed by atoms with Gasteiger partial charge in [0, 0.05) is 30.2 Å². The molecule has 0 aliphatic carbocycles. The van der Waals surface area contributed by atoms with Crippen molar-refractivity contribution >= 4 is 11.7 Å². The molecule has 0 aliphatic heterocycles. The molecule has 2 heterocycles. The lowest BCUT2D eigenvalue weighted by molar-refractivity contribution is 0.0953. The number of nitrogens with one attached hydrogen (secondary N) is 2. The number of aryl methyl sites for hydroxylation is 2. The van der Waals surface area contributed by atoms with Gasteiger partial charge in [-0.2, -0.15) is 0 Å². The van der Waals surface area contributed by atoms with Gasteiger partial charge in [-0.3, -0.25) is 4.79 Å². The third-order valence-corrected chi connectivity index (χ3v) is 4.18. The number of nitrogens with zero attached hydrogens (tertiary/aromatic N) is 1. The van der Waals surface area contributed by atoms with E-state index in [1.54, 1.807) is 18.2 Å². The SMILES string of the molecule is Cc1cc(CCCNC(=O)c2cnc(N)c(C#Cc3ccc(F)cc3)c2)c[nH]1. The van der Waals surface area contributed by atoms with E-state index in [-0.39, 0.29) is 17.5 Å².